The van der Waals surface area contributed by atoms with Crippen molar-refractivity contribution >= 4 is 32.7 Å². The summed E-state index contributed by atoms with van der Waals surface area (Å²) < 4.78 is 0. The van der Waals surface area contributed by atoms with E-state index in [1.54, 1.807) is 22.7 Å². The zero-order chi connectivity index (χ0) is 22.5. The van der Waals surface area contributed by atoms with Gasteiger partial charge in [-0.25, -0.2) is 0 Å². The summed E-state index contributed by atoms with van der Waals surface area (Å²) in [6.07, 6.45) is 18.6. The van der Waals surface area contributed by atoms with Gasteiger partial charge < -0.3 is 5.32 Å². The van der Waals surface area contributed by atoms with Gasteiger partial charge in [-0.3, -0.25) is 0 Å². The molecule has 1 nitrogen and oxygen atoms in total. The number of rotatable bonds is 16. The van der Waals surface area contributed by atoms with E-state index >= 15 is 0 Å². The Morgan fingerprint density at radius 2 is 1.58 bits per heavy atom. The predicted octanol–water partition coefficient (Wildman–Crippen LogP) is 10.6. The first kappa shape index (κ1) is 26.2. The maximum Gasteiger partial charge on any atom is 0.0974 e. The molecule has 0 fully saturated rings. The quantitative estimate of drug-likeness (QED) is 0.194. The highest BCUT2D eigenvalue weighted by molar-refractivity contribution is 7.16. The number of hydrogen-bond donors (Lipinski definition) is 1. The Kier molecular flexibility index (Phi) is 12.0. The lowest BCUT2D eigenvalue weighted by Crippen LogP contribution is -2.13. The highest BCUT2D eigenvalue weighted by Gasteiger charge is 2.22. The van der Waals surface area contributed by atoms with Crippen LogP contribution in [-0.2, 0) is 5.41 Å². The van der Waals surface area contributed by atoms with E-state index in [2.05, 4.69) is 81.0 Å². The molecule has 1 atom stereocenters. The second kappa shape index (κ2) is 14.2. The molecular formula is C28H45NS2. The maximum absolute atomic E-state index is 3.60. The summed E-state index contributed by atoms with van der Waals surface area (Å²) in [5.74, 6) is 1.74. The summed E-state index contributed by atoms with van der Waals surface area (Å²) in [6.45, 7) is 11.8. The highest BCUT2D eigenvalue weighted by atomic mass is 32.1. The van der Waals surface area contributed by atoms with Crippen molar-refractivity contribution in [1.82, 2.24) is 0 Å². The molecule has 2 aromatic rings. The fourth-order valence-electron chi connectivity index (χ4n) is 4.15. The van der Waals surface area contributed by atoms with Gasteiger partial charge >= 0.3 is 0 Å². The van der Waals surface area contributed by atoms with Crippen LogP contribution in [0.3, 0.4) is 0 Å². The number of hydrogen-bond acceptors (Lipinski definition) is 3. The van der Waals surface area contributed by atoms with E-state index in [1.165, 1.54) is 79.8 Å². The van der Waals surface area contributed by atoms with Crippen LogP contribution in [0.4, 0.5) is 10.0 Å². The molecule has 0 aliphatic carbocycles. The van der Waals surface area contributed by atoms with Crippen molar-refractivity contribution < 1.29 is 0 Å². The molecule has 0 bridgehead atoms. The Morgan fingerprint density at radius 1 is 0.871 bits per heavy atom. The van der Waals surface area contributed by atoms with Gasteiger partial charge in [-0.2, -0.15) is 0 Å². The molecule has 1 N–H and O–H groups in total. The number of nitrogens with one attached hydrogen (secondary N) is 1. The van der Waals surface area contributed by atoms with E-state index in [1.807, 2.05) is 0 Å². The molecule has 2 aromatic heterocycles. The van der Waals surface area contributed by atoms with E-state index in [-0.39, 0.29) is 5.41 Å². The van der Waals surface area contributed by atoms with Gasteiger partial charge in [0.05, 0.1) is 10.0 Å². The Morgan fingerprint density at radius 3 is 2.29 bits per heavy atom. The Bertz CT molecular complexity index is 724. The second-order valence-electron chi connectivity index (χ2n) is 10.2. The lowest BCUT2D eigenvalue weighted by atomic mass is 9.85. The van der Waals surface area contributed by atoms with Crippen molar-refractivity contribution in [2.24, 2.45) is 11.8 Å². The van der Waals surface area contributed by atoms with Gasteiger partial charge in [0.1, 0.15) is 0 Å². The Hall–Kier alpha value is -1.06. The molecule has 0 saturated carbocycles. The van der Waals surface area contributed by atoms with E-state index in [9.17, 15) is 0 Å². The van der Waals surface area contributed by atoms with Crippen molar-refractivity contribution in [3.8, 4) is 0 Å². The summed E-state index contributed by atoms with van der Waals surface area (Å²) in [7, 11) is 0. The van der Waals surface area contributed by atoms with Crippen LogP contribution >= 0.6 is 22.7 Å². The molecule has 0 radical (unpaired) electrons. The van der Waals surface area contributed by atoms with Crippen LogP contribution in [0.2, 0.25) is 0 Å². The normalized spacial score (nSPS) is 13.4. The number of unbranched alkanes of at least 4 members (excludes halogenated alkanes) is 5. The monoisotopic (exact) mass is 459 g/mol. The Balaban J connectivity index is 1.62. The summed E-state index contributed by atoms with van der Waals surface area (Å²) in [4.78, 5) is 0. The summed E-state index contributed by atoms with van der Waals surface area (Å²) in [5, 5.41) is 10.4. The van der Waals surface area contributed by atoms with E-state index in [0.717, 1.165) is 11.8 Å². The van der Waals surface area contributed by atoms with Crippen LogP contribution in [0.25, 0.3) is 0 Å². The lowest BCUT2D eigenvalue weighted by molar-refractivity contribution is 0.441. The van der Waals surface area contributed by atoms with Crippen LogP contribution in [-0.4, -0.2) is 0 Å². The predicted molar refractivity (Wildman–Crippen MR) is 144 cm³/mol. The van der Waals surface area contributed by atoms with Crippen molar-refractivity contribution in [2.45, 2.75) is 104 Å². The Labute approximate surface area is 200 Å². The van der Waals surface area contributed by atoms with Gasteiger partial charge in [0.15, 0.2) is 0 Å². The minimum atomic E-state index is 0.0563. The zero-order valence-electron chi connectivity index (χ0n) is 20.6. The molecule has 1 unspecified atom stereocenters. The average Bonchev–Trinajstić information content (AvgIpc) is 3.39. The van der Waals surface area contributed by atoms with Crippen molar-refractivity contribution in [2.75, 3.05) is 5.32 Å². The third kappa shape index (κ3) is 10.4. The number of allylic oxidation sites excluding steroid dienone is 2. The lowest BCUT2D eigenvalue weighted by Gasteiger charge is -2.21. The molecule has 2 rings (SSSR count). The third-order valence-corrected chi connectivity index (χ3v) is 7.81. The molecule has 0 aromatic carbocycles. The fraction of sp³-hybridized carbons (Fsp3) is 0.643. The summed E-state index contributed by atoms with van der Waals surface area (Å²) >= 11 is 3.55. The van der Waals surface area contributed by atoms with Crippen LogP contribution < -0.4 is 5.32 Å². The topological polar surface area (TPSA) is 12.0 Å². The minimum Gasteiger partial charge on any atom is -0.339 e. The van der Waals surface area contributed by atoms with Crippen LogP contribution in [0.5, 0.6) is 0 Å². The summed E-state index contributed by atoms with van der Waals surface area (Å²) in [5.41, 5.74) is 1.45. The van der Waals surface area contributed by atoms with Gasteiger partial charge in [-0.1, -0.05) is 98.1 Å². The number of anilines is 2. The van der Waals surface area contributed by atoms with Crippen LogP contribution in [0, 0.1) is 11.8 Å². The van der Waals surface area contributed by atoms with Gasteiger partial charge in [-0.15, -0.1) is 22.7 Å². The molecule has 31 heavy (non-hydrogen) atoms. The molecule has 0 spiro atoms. The van der Waals surface area contributed by atoms with Gasteiger partial charge in [0, 0.05) is 5.41 Å². The SMILES string of the molecule is CC(C)CCCCCCCC(C)CCCC=CC(C)(C)c1ccsc1Nc1cccs1. The van der Waals surface area contributed by atoms with Gasteiger partial charge in [-0.05, 0) is 59.2 Å². The van der Waals surface area contributed by atoms with Crippen LogP contribution in [0.15, 0.2) is 41.1 Å². The first-order chi connectivity index (χ1) is 14.9. The fourth-order valence-corrected chi connectivity index (χ4v) is 5.80. The largest absolute Gasteiger partial charge is 0.339 e. The van der Waals surface area contributed by atoms with E-state index in [4.69, 9.17) is 0 Å². The zero-order valence-corrected chi connectivity index (χ0v) is 22.2. The van der Waals surface area contributed by atoms with Crippen molar-refractivity contribution in [1.29, 1.82) is 0 Å². The smallest absolute Gasteiger partial charge is 0.0974 e. The van der Waals surface area contributed by atoms with E-state index < -0.39 is 0 Å². The molecule has 174 valence electrons. The first-order valence-corrected chi connectivity index (χ1v) is 14.2. The molecule has 0 aliphatic rings. The molecule has 0 aliphatic heterocycles. The third-order valence-electron chi connectivity index (χ3n) is 6.20. The van der Waals surface area contributed by atoms with Crippen molar-refractivity contribution in [3.63, 3.8) is 0 Å². The molecule has 3 heteroatoms. The number of thiophene rings is 2. The first-order valence-electron chi connectivity index (χ1n) is 12.4. The minimum absolute atomic E-state index is 0.0563. The standard InChI is InChI=1S/C28H45NS2/c1-23(2)15-10-7-6-8-11-16-24(3)17-12-9-13-20-28(4,5)25-19-22-31-27(25)29-26-18-14-21-30-26/h13-14,18-24,29H,6-12,15-17H2,1-5H3. The van der Waals surface area contributed by atoms with Crippen LogP contribution in [0.1, 0.15) is 104 Å². The van der Waals surface area contributed by atoms with Crippen molar-refractivity contribution in [3.05, 3.63) is 46.7 Å². The van der Waals surface area contributed by atoms with Gasteiger partial charge in [0.25, 0.3) is 0 Å². The van der Waals surface area contributed by atoms with E-state index in [0.29, 0.717) is 0 Å². The maximum atomic E-state index is 3.60. The van der Waals surface area contributed by atoms with Gasteiger partial charge in [0.2, 0.25) is 0 Å². The summed E-state index contributed by atoms with van der Waals surface area (Å²) in [6, 6.07) is 6.52. The highest BCUT2D eigenvalue weighted by Crippen LogP contribution is 2.38. The molecule has 0 amide bonds. The molecule has 0 saturated heterocycles. The molecule has 2 heterocycles. The second-order valence-corrected chi connectivity index (χ2v) is 12.0. The molecular weight excluding hydrogens is 414 g/mol. The average molecular weight is 460 g/mol.